The van der Waals surface area contributed by atoms with Crippen molar-refractivity contribution in [1.29, 1.82) is 0 Å². The minimum Gasteiger partial charge on any atom is -0.323 e. The molecule has 6 heteroatoms. The van der Waals surface area contributed by atoms with E-state index < -0.39 is 0 Å². The van der Waals surface area contributed by atoms with Gasteiger partial charge in [-0.2, -0.15) is 0 Å². The van der Waals surface area contributed by atoms with Gasteiger partial charge >= 0.3 is 0 Å². The first-order valence-corrected chi connectivity index (χ1v) is 11.0. The summed E-state index contributed by atoms with van der Waals surface area (Å²) in [6, 6.07) is 21.6. The second-order valence-electron chi connectivity index (χ2n) is 7.99. The summed E-state index contributed by atoms with van der Waals surface area (Å²) in [6.45, 7) is 3.14. The van der Waals surface area contributed by atoms with E-state index in [0.29, 0.717) is 29.6 Å². The van der Waals surface area contributed by atoms with Crippen LogP contribution in [0.25, 0.3) is 11.0 Å². The van der Waals surface area contributed by atoms with Crippen molar-refractivity contribution in [2.75, 3.05) is 11.4 Å². The van der Waals surface area contributed by atoms with Crippen LogP contribution in [0, 0.1) is 6.92 Å². The summed E-state index contributed by atoms with van der Waals surface area (Å²) < 4.78 is 2.15. The summed E-state index contributed by atoms with van der Waals surface area (Å²) in [5.41, 5.74) is 4.84. The molecule has 31 heavy (non-hydrogen) atoms. The predicted molar refractivity (Wildman–Crippen MR) is 126 cm³/mol. The van der Waals surface area contributed by atoms with Crippen LogP contribution < -0.4 is 4.90 Å². The van der Waals surface area contributed by atoms with Crippen LogP contribution in [0.1, 0.15) is 29.3 Å². The molecule has 0 spiro atoms. The Kier molecular flexibility index (Phi) is 5.20. The number of fused-ring (bicyclic) bond motifs is 1. The standard InChI is InChI=1S/C25H21Cl2N3O/c1-16-6-4-7-18(12-16)29-14-17(13-24(29)31)25-28-22-10-2-3-11-23(22)30(25)15-19-20(26)8-5-9-21(19)27/h2-12,17H,13-15H2,1H3. The average Bonchev–Trinajstić information content (AvgIpc) is 3.31. The van der Waals surface area contributed by atoms with Crippen molar-refractivity contribution in [1.82, 2.24) is 9.55 Å². The Balaban J connectivity index is 1.56. The van der Waals surface area contributed by atoms with Gasteiger partial charge in [0.15, 0.2) is 0 Å². The molecule has 3 aromatic carbocycles. The first kappa shape index (κ1) is 20.1. The molecule has 5 rings (SSSR count). The number of para-hydroxylation sites is 2. The van der Waals surface area contributed by atoms with Gasteiger partial charge in [0.05, 0.1) is 17.6 Å². The Morgan fingerprint density at radius 1 is 1.00 bits per heavy atom. The molecule has 0 saturated carbocycles. The SMILES string of the molecule is Cc1cccc(N2CC(c3nc4ccccc4n3Cc3c(Cl)cccc3Cl)CC2=O)c1. The molecule has 4 aromatic rings. The van der Waals surface area contributed by atoms with Crippen LogP contribution in [0.5, 0.6) is 0 Å². The number of hydrogen-bond acceptors (Lipinski definition) is 2. The van der Waals surface area contributed by atoms with Crippen LogP contribution in [0.2, 0.25) is 10.0 Å². The summed E-state index contributed by atoms with van der Waals surface area (Å²) in [6.07, 6.45) is 0.424. The number of halogens is 2. The van der Waals surface area contributed by atoms with Crippen molar-refractivity contribution < 1.29 is 4.79 Å². The highest BCUT2D eigenvalue weighted by molar-refractivity contribution is 6.36. The zero-order chi connectivity index (χ0) is 21.5. The largest absolute Gasteiger partial charge is 0.323 e. The van der Waals surface area contributed by atoms with E-state index in [1.165, 1.54) is 0 Å². The average molecular weight is 450 g/mol. The minimum atomic E-state index is -0.0123. The Bertz CT molecular complexity index is 1280. The van der Waals surface area contributed by atoms with Crippen LogP contribution in [0.3, 0.4) is 0 Å². The van der Waals surface area contributed by atoms with Crippen molar-refractivity contribution in [3.8, 4) is 0 Å². The normalized spacial score (nSPS) is 16.4. The Morgan fingerprint density at radius 3 is 2.52 bits per heavy atom. The van der Waals surface area contributed by atoms with Gasteiger partial charge in [0.25, 0.3) is 0 Å². The zero-order valence-electron chi connectivity index (χ0n) is 17.1. The van der Waals surface area contributed by atoms with Crippen LogP contribution >= 0.6 is 23.2 Å². The summed E-state index contributed by atoms with van der Waals surface area (Å²) in [4.78, 5) is 19.7. The molecular weight excluding hydrogens is 429 g/mol. The van der Waals surface area contributed by atoms with Gasteiger partial charge in [0, 0.05) is 40.2 Å². The number of carbonyl (C=O) groups is 1. The smallest absolute Gasteiger partial charge is 0.227 e. The van der Waals surface area contributed by atoms with E-state index in [9.17, 15) is 4.79 Å². The minimum absolute atomic E-state index is 0.0123. The van der Waals surface area contributed by atoms with Crippen LogP contribution in [0.15, 0.2) is 66.7 Å². The molecular formula is C25H21Cl2N3O. The highest BCUT2D eigenvalue weighted by Crippen LogP contribution is 2.35. The second-order valence-corrected chi connectivity index (χ2v) is 8.80. The van der Waals surface area contributed by atoms with Gasteiger partial charge in [-0.15, -0.1) is 0 Å². The maximum absolute atomic E-state index is 12.9. The van der Waals surface area contributed by atoms with Gasteiger partial charge < -0.3 is 9.47 Å². The van der Waals surface area contributed by atoms with Crippen molar-refractivity contribution in [2.24, 2.45) is 0 Å². The van der Waals surface area contributed by atoms with Gasteiger partial charge in [-0.1, -0.05) is 53.5 Å². The van der Waals surface area contributed by atoms with E-state index in [1.54, 1.807) is 0 Å². The summed E-state index contributed by atoms with van der Waals surface area (Å²) in [5, 5.41) is 1.25. The molecule has 1 amide bonds. The highest BCUT2D eigenvalue weighted by atomic mass is 35.5. The number of aromatic nitrogens is 2. The lowest BCUT2D eigenvalue weighted by Crippen LogP contribution is -2.24. The number of hydrogen-bond donors (Lipinski definition) is 0. The number of nitrogens with zero attached hydrogens (tertiary/aromatic N) is 3. The molecule has 156 valence electrons. The Labute approximate surface area is 191 Å². The van der Waals surface area contributed by atoms with Gasteiger partial charge in [-0.25, -0.2) is 4.98 Å². The molecule has 1 aliphatic rings. The molecule has 1 fully saturated rings. The van der Waals surface area contributed by atoms with Crippen molar-refractivity contribution in [3.63, 3.8) is 0 Å². The Hall–Kier alpha value is -2.82. The van der Waals surface area contributed by atoms with Crippen molar-refractivity contribution in [2.45, 2.75) is 25.8 Å². The van der Waals surface area contributed by atoms with E-state index in [-0.39, 0.29) is 11.8 Å². The molecule has 0 aliphatic carbocycles. The number of amides is 1. The van der Waals surface area contributed by atoms with Crippen LogP contribution in [0.4, 0.5) is 5.69 Å². The van der Waals surface area contributed by atoms with E-state index in [1.807, 2.05) is 78.6 Å². The fourth-order valence-electron chi connectivity index (χ4n) is 4.34. The van der Waals surface area contributed by atoms with Crippen LogP contribution in [-0.2, 0) is 11.3 Å². The number of carbonyl (C=O) groups excluding carboxylic acids is 1. The third-order valence-electron chi connectivity index (χ3n) is 5.87. The molecule has 4 nitrogen and oxygen atoms in total. The highest BCUT2D eigenvalue weighted by Gasteiger charge is 2.35. The maximum Gasteiger partial charge on any atom is 0.227 e. The van der Waals surface area contributed by atoms with Gasteiger partial charge in [0.2, 0.25) is 5.91 Å². The lowest BCUT2D eigenvalue weighted by molar-refractivity contribution is -0.117. The van der Waals surface area contributed by atoms with E-state index >= 15 is 0 Å². The molecule has 1 aliphatic heterocycles. The maximum atomic E-state index is 12.9. The van der Waals surface area contributed by atoms with Gasteiger partial charge in [0.1, 0.15) is 5.82 Å². The fraction of sp³-hybridized carbons (Fsp3) is 0.200. The first-order valence-electron chi connectivity index (χ1n) is 10.3. The van der Waals surface area contributed by atoms with Crippen molar-refractivity contribution in [3.05, 3.63) is 93.7 Å². The molecule has 0 N–H and O–H groups in total. The molecule has 1 aromatic heterocycles. The lowest BCUT2D eigenvalue weighted by Gasteiger charge is -2.18. The number of rotatable bonds is 4. The Morgan fingerprint density at radius 2 is 1.74 bits per heavy atom. The molecule has 1 unspecified atom stereocenters. The van der Waals surface area contributed by atoms with E-state index in [2.05, 4.69) is 4.57 Å². The lowest BCUT2D eigenvalue weighted by atomic mass is 10.1. The predicted octanol–water partition coefficient (Wildman–Crippen LogP) is 6.22. The molecule has 1 atom stereocenters. The number of anilines is 1. The summed E-state index contributed by atoms with van der Waals surface area (Å²) in [7, 11) is 0. The zero-order valence-corrected chi connectivity index (χ0v) is 18.6. The number of benzene rings is 3. The van der Waals surface area contributed by atoms with E-state index in [4.69, 9.17) is 28.2 Å². The van der Waals surface area contributed by atoms with Crippen LogP contribution in [-0.4, -0.2) is 22.0 Å². The second kappa shape index (κ2) is 8.03. The third kappa shape index (κ3) is 3.71. The topological polar surface area (TPSA) is 38.1 Å². The molecule has 0 radical (unpaired) electrons. The first-order chi connectivity index (χ1) is 15.0. The number of imidazole rings is 1. The molecule has 1 saturated heterocycles. The van der Waals surface area contributed by atoms with E-state index in [0.717, 1.165) is 33.7 Å². The quantitative estimate of drug-likeness (QED) is 0.370. The molecule has 2 heterocycles. The fourth-order valence-corrected chi connectivity index (χ4v) is 4.86. The van der Waals surface area contributed by atoms with Gasteiger partial charge in [-0.3, -0.25) is 4.79 Å². The molecule has 0 bridgehead atoms. The van der Waals surface area contributed by atoms with Crippen molar-refractivity contribution >= 4 is 45.8 Å². The van der Waals surface area contributed by atoms with Gasteiger partial charge in [-0.05, 0) is 48.9 Å². The monoisotopic (exact) mass is 449 g/mol. The summed E-state index contributed by atoms with van der Waals surface area (Å²) in [5.74, 6) is 0.993. The number of aryl methyl sites for hydroxylation is 1. The third-order valence-corrected chi connectivity index (χ3v) is 6.57. The summed E-state index contributed by atoms with van der Waals surface area (Å²) >= 11 is 12.9.